The summed E-state index contributed by atoms with van der Waals surface area (Å²) >= 11 is 2.06. The predicted molar refractivity (Wildman–Crippen MR) is 84.8 cm³/mol. The van der Waals surface area contributed by atoms with E-state index in [2.05, 4.69) is 30.9 Å². The standard InChI is InChI=1S/C17H24FNS/c1-16(2)8-10-20-12-17(16)7-9-19-11-14(17)13-5-3-4-6-15(13)18/h3-6,14,19H,7-12H2,1-2H3. The first-order chi connectivity index (χ1) is 9.57. The third kappa shape index (κ3) is 2.19. The van der Waals surface area contributed by atoms with Gasteiger partial charge in [0.05, 0.1) is 0 Å². The zero-order valence-corrected chi connectivity index (χ0v) is 13.2. The van der Waals surface area contributed by atoms with E-state index in [0.29, 0.717) is 5.92 Å². The lowest BCUT2D eigenvalue weighted by Gasteiger charge is -2.57. The molecule has 110 valence electrons. The fourth-order valence-electron chi connectivity index (χ4n) is 4.10. The first-order valence-corrected chi connectivity index (χ1v) is 8.75. The second-order valence-corrected chi connectivity index (χ2v) is 7.98. The van der Waals surface area contributed by atoms with E-state index in [1.54, 1.807) is 12.1 Å². The number of thioether (sulfide) groups is 1. The molecule has 3 heteroatoms. The maximum Gasteiger partial charge on any atom is 0.126 e. The van der Waals surface area contributed by atoms with Gasteiger partial charge in [0.2, 0.25) is 0 Å². The molecule has 20 heavy (non-hydrogen) atoms. The molecule has 1 N–H and O–H groups in total. The van der Waals surface area contributed by atoms with Crippen molar-refractivity contribution in [2.75, 3.05) is 24.6 Å². The van der Waals surface area contributed by atoms with E-state index in [1.807, 2.05) is 12.1 Å². The van der Waals surface area contributed by atoms with Gasteiger partial charge in [-0.3, -0.25) is 0 Å². The summed E-state index contributed by atoms with van der Waals surface area (Å²) in [6.07, 6.45) is 2.40. The Hall–Kier alpha value is -0.540. The number of hydrogen-bond donors (Lipinski definition) is 1. The van der Waals surface area contributed by atoms with Crippen LogP contribution < -0.4 is 5.32 Å². The molecule has 0 radical (unpaired) electrons. The zero-order valence-electron chi connectivity index (χ0n) is 12.4. The molecule has 3 rings (SSSR count). The minimum absolute atomic E-state index is 0.0352. The average molecular weight is 293 g/mol. The molecular formula is C17H24FNS. The molecule has 0 aromatic heterocycles. The van der Waals surface area contributed by atoms with Crippen molar-refractivity contribution >= 4 is 11.8 Å². The minimum Gasteiger partial charge on any atom is -0.316 e. The van der Waals surface area contributed by atoms with Crippen molar-refractivity contribution in [1.82, 2.24) is 5.32 Å². The van der Waals surface area contributed by atoms with Gasteiger partial charge < -0.3 is 5.32 Å². The van der Waals surface area contributed by atoms with Crippen LogP contribution in [0.5, 0.6) is 0 Å². The van der Waals surface area contributed by atoms with Crippen LogP contribution in [0.15, 0.2) is 24.3 Å². The first-order valence-electron chi connectivity index (χ1n) is 7.60. The van der Waals surface area contributed by atoms with Gasteiger partial charge in [-0.05, 0) is 47.6 Å². The zero-order chi connectivity index (χ0) is 14.2. The van der Waals surface area contributed by atoms with Gasteiger partial charge in [0.25, 0.3) is 0 Å². The fraction of sp³-hybridized carbons (Fsp3) is 0.647. The Morgan fingerprint density at radius 2 is 2.05 bits per heavy atom. The van der Waals surface area contributed by atoms with E-state index in [0.717, 1.165) is 25.1 Å². The number of hydrogen-bond acceptors (Lipinski definition) is 2. The van der Waals surface area contributed by atoms with Crippen LogP contribution in [0.2, 0.25) is 0 Å². The van der Waals surface area contributed by atoms with E-state index in [-0.39, 0.29) is 16.6 Å². The lowest BCUT2D eigenvalue weighted by molar-refractivity contribution is 0.0243. The van der Waals surface area contributed by atoms with Crippen LogP contribution in [0.3, 0.4) is 0 Å². The van der Waals surface area contributed by atoms with Gasteiger partial charge >= 0.3 is 0 Å². The van der Waals surface area contributed by atoms with Crippen LogP contribution in [-0.2, 0) is 0 Å². The summed E-state index contributed by atoms with van der Waals surface area (Å²) in [6, 6.07) is 7.37. The Labute approximate surface area is 125 Å². The van der Waals surface area contributed by atoms with E-state index in [1.165, 1.54) is 17.9 Å². The Balaban J connectivity index is 2.05. The van der Waals surface area contributed by atoms with Gasteiger partial charge in [-0.25, -0.2) is 4.39 Å². The van der Waals surface area contributed by atoms with Crippen molar-refractivity contribution in [3.63, 3.8) is 0 Å². The van der Waals surface area contributed by atoms with Crippen molar-refractivity contribution < 1.29 is 4.39 Å². The van der Waals surface area contributed by atoms with Crippen molar-refractivity contribution in [2.45, 2.75) is 32.6 Å². The molecule has 1 spiro atoms. The Kier molecular flexibility index (Phi) is 3.85. The molecule has 2 heterocycles. The first kappa shape index (κ1) is 14.4. The van der Waals surface area contributed by atoms with Gasteiger partial charge in [0.1, 0.15) is 5.82 Å². The summed E-state index contributed by atoms with van der Waals surface area (Å²) in [6.45, 7) is 6.76. The van der Waals surface area contributed by atoms with Crippen LogP contribution in [0.1, 0.15) is 38.2 Å². The van der Waals surface area contributed by atoms with Crippen LogP contribution >= 0.6 is 11.8 Å². The van der Waals surface area contributed by atoms with E-state index in [9.17, 15) is 4.39 Å². The van der Waals surface area contributed by atoms with Crippen molar-refractivity contribution in [1.29, 1.82) is 0 Å². The number of halogens is 1. The Morgan fingerprint density at radius 3 is 2.80 bits per heavy atom. The number of piperidine rings is 1. The van der Waals surface area contributed by atoms with E-state index >= 15 is 0 Å². The van der Waals surface area contributed by atoms with Crippen LogP contribution in [0.4, 0.5) is 4.39 Å². The molecular weight excluding hydrogens is 269 g/mol. The lowest BCUT2D eigenvalue weighted by Crippen LogP contribution is -2.55. The number of benzene rings is 1. The summed E-state index contributed by atoms with van der Waals surface area (Å²) < 4.78 is 14.3. The third-order valence-electron chi connectivity index (χ3n) is 5.62. The van der Waals surface area contributed by atoms with Crippen molar-refractivity contribution in [2.24, 2.45) is 10.8 Å². The highest BCUT2D eigenvalue weighted by molar-refractivity contribution is 7.99. The summed E-state index contributed by atoms with van der Waals surface area (Å²) in [5.74, 6) is 2.67. The van der Waals surface area contributed by atoms with Crippen LogP contribution in [0.25, 0.3) is 0 Å². The maximum atomic E-state index is 14.3. The Bertz CT molecular complexity index is 482. The molecule has 1 aromatic rings. The lowest BCUT2D eigenvalue weighted by atomic mass is 9.54. The van der Waals surface area contributed by atoms with Gasteiger partial charge in [0.15, 0.2) is 0 Å². The van der Waals surface area contributed by atoms with E-state index in [4.69, 9.17) is 0 Å². The fourth-order valence-corrected chi connectivity index (χ4v) is 6.00. The molecule has 0 amide bonds. The van der Waals surface area contributed by atoms with E-state index < -0.39 is 0 Å². The molecule has 0 aliphatic carbocycles. The van der Waals surface area contributed by atoms with Gasteiger partial charge in [-0.15, -0.1) is 0 Å². The van der Waals surface area contributed by atoms with Gasteiger partial charge in [-0.2, -0.15) is 11.8 Å². The highest BCUT2D eigenvalue weighted by Crippen LogP contribution is 2.59. The SMILES string of the molecule is CC1(C)CCSCC12CCNCC2c1ccccc1F. The molecule has 1 nitrogen and oxygen atoms in total. The molecule has 2 aliphatic heterocycles. The monoisotopic (exact) mass is 293 g/mol. The highest BCUT2D eigenvalue weighted by Gasteiger charge is 2.53. The third-order valence-corrected chi connectivity index (χ3v) is 6.83. The molecule has 2 fully saturated rings. The molecule has 1 aromatic carbocycles. The second-order valence-electron chi connectivity index (χ2n) is 6.87. The topological polar surface area (TPSA) is 12.0 Å². The van der Waals surface area contributed by atoms with Gasteiger partial charge in [-0.1, -0.05) is 32.0 Å². The largest absolute Gasteiger partial charge is 0.316 e. The van der Waals surface area contributed by atoms with Crippen LogP contribution in [0, 0.1) is 16.6 Å². The molecule has 2 aliphatic rings. The quantitative estimate of drug-likeness (QED) is 0.838. The molecule has 0 bridgehead atoms. The summed E-state index contributed by atoms with van der Waals surface area (Å²) in [5.41, 5.74) is 1.42. The molecule has 0 saturated carbocycles. The predicted octanol–water partition coefficient (Wildman–Crippen LogP) is 4.05. The highest BCUT2D eigenvalue weighted by atomic mass is 32.2. The van der Waals surface area contributed by atoms with Crippen molar-refractivity contribution in [3.8, 4) is 0 Å². The molecule has 2 saturated heterocycles. The average Bonchev–Trinajstić information content (AvgIpc) is 2.44. The van der Waals surface area contributed by atoms with Crippen molar-refractivity contribution in [3.05, 3.63) is 35.6 Å². The second kappa shape index (κ2) is 5.34. The normalized spacial score (nSPS) is 33.2. The molecule has 2 unspecified atom stereocenters. The summed E-state index contributed by atoms with van der Waals surface area (Å²) in [5, 5.41) is 3.49. The Morgan fingerprint density at radius 1 is 1.25 bits per heavy atom. The van der Waals surface area contributed by atoms with Gasteiger partial charge in [0, 0.05) is 18.2 Å². The van der Waals surface area contributed by atoms with Crippen LogP contribution in [-0.4, -0.2) is 24.6 Å². The number of nitrogens with one attached hydrogen (secondary N) is 1. The summed E-state index contributed by atoms with van der Waals surface area (Å²) in [7, 11) is 0. The maximum absolute atomic E-state index is 14.3. The number of rotatable bonds is 1. The smallest absolute Gasteiger partial charge is 0.126 e. The minimum atomic E-state index is -0.0352. The molecule has 2 atom stereocenters. The summed E-state index contributed by atoms with van der Waals surface area (Å²) in [4.78, 5) is 0.